The van der Waals surface area contributed by atoms with Crippen LogP contribution in [0.15, 0.2) is 18.2 Å². The van der Waals surface area contributed by atoms with Crippen LogP contribution in [0.25, 0.3) is 11.4 Å². The fraction of sp³-hybridized carbons (Fsp3) is 0.429. The summed E-state index contributed by atoms with van der Waals surface area (Å²) in [5.41, 5.74) is 6.91. The molecule has 0 aliphatic carbocycles. The van der Waals surface area contributed by atoms with Crippen molar-refractivity contribution in [1.82, 2.24) is 15.2 Å². The highest BCUT2D eigenvalue weighted by Crippen LogP contribution is 2.29. The number of hydrogen-bond donors (Lipinski definition) is 2. The van der Waals surface area contributed by atoms with Gasteiger partial charge in [-0.15, -0.1) is 5.10 Å². The molecule has 112 valence electrons. The number of piperidine rings is 1. The first-order valence-electron chi connectivity index (χ1n) is 6.93. The molecular formula is C14H17Cl2N5. The maximum atomic E-state index is 6.20. The minimum atomic E-state index is 0.153. The van der Waals surface area contributed by atoms with Gasteiger partial charge in [-0.05, 0) is 30.5 Å². The zero-order chi connectivity index (χ0) is 15.0. The van der Waals surface area contributed by atoms with E-state index in [2.05, 4.69) is 27.0 Å². The van der Waals surface area contributed by atoms with Crippen LogP contribution in [-0.4, -0.2) is 34.3 Å². The van der Waals surface area contributed by atoms with Crippen molar-refractivity contribution >= 4 is 29.2 Å². The Hall–Kier alpha value is -1.30. The molecule has 1 fully saturated rings. The predicted molar refractivity (Wildman–Crippen MR) is 85.8 cm³/mol. The van der Waals surface area contributed by atoms with Gasteiger partial charge in [0.2, 0.25) is 5.95 Å². The SMILES string of the molecule is CC1CCN(c2n[nH]c(-c3ccc(Cl)cc3Cl)n2)CC1N. The second kappa shape index (κ2) is 5.83. The number of nitrogens with one attached hydrogen (secondary N) is 1. The first-order chi connectivity index (χ1) is 10.0. The number of anilines is 1. The number of H-pyrrole nitrogens is 1. The number of nitrogens with zero attached hydrogens (tertiary/aromatic N) is 3. The van der Waals surface area contributed by atoms with E-state index in [1.807, 2.05) is 6.07 Å². The molecule has 2 aromatic rings. The summed E-state index contributed by atoms with van der Waals surface area (Å²) in [6, 6.07) is 5.46. The maximum absolute atomic E-state index is 6.20. The number of benzene rings is 1. The number of halogens is 2. The molecule has 1 aromatic heterocycles. The third-order valence-electron chi connectivity index (χ3n) is 3.96. The van der Waals surface area contributed by atoms with Crippen LogP contribution < -0.4 is 10.6 Å². The van der Waals surface area contributed by atoms with Crippen molar-refractivity contribution < 1.29 is 0 Å². The number of aromatic amines is 1. The van der Waals surface area contributed by atoms with E-state index in [4.69, 9.17) is 28.9 Å². The van der Waals surface area contributed by atoms with Crippen LogP contribution in [0.1, 0.15) is 13.3 Å². The van der Waals surface area contributed by atoms with Crippen molar-refractivity contribution in [2.24, 2.45) is 11.7 Å². The molecule has 1 aromatic carbocycles. The molecule has 0 radical (unpaired) electrons. The van der Waals surface area contributed by atoms with Gasteiger partial charge in [-0.25, -0.2) is 0 Å². The highest BCUT2D eigenvalue weighted by Gasteiger charge is 2.25. The Labute approximate surface area is 133 Å². The summed E-state index contributed by atoms with van der Waals surface area (Å²) < 4.78 is 0. The van der Waals surface area contributed by atoms with Gasteiger partial charge >= 0.3 is 0 Å². The minimum absolute atomic E-state index is 0.153. The van der Waals surface area contributed by atoms with Crippen molar-refractivity contribution in [3.8, 4) is 11.4 Å². The largest absolute Gasteiger partial charge is 0.338 e. The Morgan fingerprint density at radius 3 is 2.90 bits per heavy atom. The smallest absolute Gasteiger partial charge is 0.245 e. The minimum Gasteiger partial charge on any atom is -0.338 e. The molecule has 1 aliphatic heterocycles. The van der Waals surface area contributed by atoms with Gasteiger partial charge in [0.25, 0.3) is 0 Å². The number of nitrogens with two attached hydrogens (primary N) is 1. The summed E-state index contributed by atoms with van der Waals surface area (Å²) in [6.45, 7) is 3.87. The van der Waals surface area contributed by atoms with Crippen LogP contribution in [0.2, 0.25) is 10.0 Å². The standard InChI is InChI=1S/C14H17Cl2N5/c1-8-4-5-21(7-12(8)17)14-18-13(19-20-14)10-3-2-9(15)6-11(10)16/h2-3,6,8,12H,4-5,7,17H2,1H3,(H,18,19,20). The highest BCUT2D eigenvalue weighted by molar-refractivity contribution is 6.36. The van der Waals surface area contributed by atoms with E-state index in [9.17, 15) is 0 Å². The summed E-state index contributed by atoms with van der Waals surface area (Å²) in [4.78, 5) is 6.64. The number of rotatable bonds is 2. The second-order valence-corrected chi connectivity index (χ2v) is 6.33. The van der Waals surface area contributed by atoms with Gasteiger partial charge in [0.15, 0.2) is 5.82 Å². The van der Waals surface area contributed by atoms with Crippen LogP contribution in [0.3, 0.4) is 0 Å². The molecule has 0 amide bonds. The average Bonchev–Trinajstić information content (AvgIpc) is 2.91. The van der Waals surface area contributed by atoms with Crippen LogP contribution in [0.5, 0.6) is 0 Å². The third-order valence-corrected chi connectivity index (χ3v) is 4.51. The number of hydrogen-bond acceptors (Lipinski definition) is 4. The molecule has 3 rings (SSSR count). The van der Waals surface area contributed by atoms with Crippen molar-refractivity contribution in [3.05, 3.63) is 28.2 Å². The van der Waals surface area contributed by atoms with E-state index in [1.54, 1.807) is 12.1 Å². The van der Waals surface area contributed by atoms with Gasteiger partial charge in [-0.3, -0.25) is 5.10 Å². The first kappa shape index (κ1) is 14.6. The van der Waals surface area contributed by atoms with Crippen LogP contribution in [0.4, 0.5) is 5.95 Å². The first-order valence-corrected chi connectivity index (χ1v) is 7.68. The average molecular weight is 326 g/mol. The molecule has 3 N–H and O–H groups in total. The van der Waals surface area contributed by atoms with E-state index in [1.165, 1.54) is 0 Å². The van der Waals surface area contributed by atoms with E-state index in [-0.39, 0.29) is 6.04 Å². The Bertz CT molecular complexity index is 642. The highest BCUT2D eigenvalue weighted by atomic mass is 35.5. The lowest BCUT2D eigenvalue weighted by Crippen LogP contribution is -2.48. The van der Waals surface area contributed by atoms with Gasteiger partial charge in [0.05, 0.1) is 5.02 Å². The van der Waals surface area contributed by atoms with E-state index in [0.717, 1.165) is 25.1 Å². The van der Waals surface area contributed by atoms with Gasteiger partial charge in [-0.1, -0.05) is 30.1 Å². The van der Waals surface area contributed by atoms with Crippen molar-refractivity contribution in [2.45, 2.75) is 19.4 Å². The van der Waals surface area contributed by atoms with E-state index >= 15 is 0 Å². The van der Waals surface area contributed by atoms with E-state index in [0.29, 0.717) is 27.7 Å². The zero-order valence-electron chi connectivity index (χ0n) is 11.7. The molecule has 2 heterocycles. The fourth-order valence-corrected chi connectivity index (χ4v) is 2.98. The van der Waals surface area contributed by atoms with Crippen molar-refractivity contribution in [3.63, 3.8) is 0 Å². The number of aromatic nitrogens is 3. The quantitative estimate of drug-likeness (QED) is 0.890. The Balaban J connectivity index is 1.83. The Kier molecular flexibility index (Phi) is 4.06. The summed E-state index contributed by atoms with van der Waals surface area (Å²) >= 11 is 12.1. The lowest BCUT2D eigenvalue weighted by Gasteiger charge is -2.34. The topological polar surface area (TPSA) is 70.8 Å². The van der Waals surface area contributed by atoms with Gasteiger partial charge in [0.1, 0.15) is 0 Å². The van der Waals surface area contributed by atoms with Crippen molar-refractivity contribution in [2.75, 3.05) is 18.0 Å². The fourth-order valence-electron chi connectivity index (χ4n) is 2.48. The molecule has 5 nitrogen and oxygen atoms in total. The zero-order valence-corrected chi connectivity index (χ0v) is 13.2. The Morgan fingerprint density at radius 1 is 1.38 bits per heavy atom. The predicted octanol–water partition coefficient (Wildman–Crippen LogP) is 2.95. The van der Waals surface area contributed by atoms with Gasteiger partial charge in [-0.2, -0.15) is 4.98 Å². The van der Waals surface area contributed by atoms with E-state index < -0.39 is 0 Å². The monoisotopic (exact) mass is 325 g/mol. The summed E-state index contributed by atoms with van der Waals surface area (Å²) in [5.74, 6) is 1.84. The molecule has 1 saturated heterocycles. The summed E-state index contributed by atoms with van der Waals surface area (Å²) in [6.07, 6.45) is 1.05. The Morgan fingerprint density at radius 2 is 2.19 bits per heavy atom. The lowest BCUT2D eigenvalue weighted by atomic mass is 9.95. The van der Waals surface area contributed by atoms with Gasteiger partial charge in [0, 0.05) is 29.7 Å². The molecule has 0 spiro atoms. The molecule has 21 heavy (non-hydrogen) atoms. The molecule has 2 atom stereocenters. The third kappa shape index (κ3) is 3.00. The van der Waals surface area contributed by atoms with Crippen LogP contribution in [0, 0.1) is 5.92 Å². The summed E-state index contributed by atoms with van der Waals surface area (Å²) in [5, 5.41) is 8.36. The molecule has 0 bridgehead atoms. The molecular weight excluding hydrogens is 309 g/mol. The summed E-state index contributed by atoms with van der Waals surface area (Å²) in [7, 11) is 0. The normalized spacial score (nSPS) is 22.6. The van der Waals surface area contributed by atoms with Crippen LogP contribution in [-0.2, 0) is 0 Å². The lowest BCUT2D eigenvalue weighted by molar-refractivity contribution is 0.376. The second-order valence-electron chi connectivity index (χ2n) is 5.48. The molecule has 1 aliphatic rings. The maximum Gasteiger partial charge on any atom is 0.245 e. The molecule has 7 heteroatoms. The van der Waals surface area contributed by atoms with Crippen molar-refractivity contribution in [1.29, 1.82) is 0 Å². The van der Waals surface area contributed by atoms with Gasteiger partial charge < -0.3 is 10.6 Å². The molecule has 0 saturated carbocycles. The van der Waals surface area contributed by atoms with Crippen LogP contribution >= 0.6 is 23.2 Å². The molecule has 2 unspecified atom stereocenters.